The van der Waals surface area contributed by atoms with E-state index in [9.17, 15) is 4.79 Å². The fourth-order valence-electron chi connectivity index (χ4n) is 1.84. The van der Waals surface area contributed by atoms with Gasteiger partial charge in [-0.05, 0) is 19.1 Å². The van der Waals surface area contributed by atoms with E-state index in [-0.39, 0.29) is 5.96 Å². The molecule has 1 aromatic carbocycles. The van der Waals surface area contributed by atoms with Gasteiger partial charge in [0.2, 0.25) is 0 Å². The van der Waals surface area contributed by atoms with Crippen molar-refractivity contribution in [1.82, 2.24) is 9.78 Å². The fraction of sp³-hybridized carbons (Fsp3) is 0.154. The van der Waals surface area contributed by atoms with E-state index in [0.717, 1.165) is 5.69 Å². The minimum absolute atomic E-state index is 0.278. The molecule has 7 nitrogen and oxygen atoms in total. The van der Waals surface area contributed by atoms with Crippen molar-refractivity contribution < 1.29 is 9.53 Å². The first-order chi connectivity index (χ1) is 9.54. The Labute approximate surface area is 115 Å². The summed E-state index contributed by atoms with van der Waals surface area (Å²) < 4.78 is 6.88. The maximum Gasteiger partial charge on any atom is 0.283 e. The lowest BCUT2D eigenvalue weighted by atomic mass is 10.2. The van der Waals surface area contributed by atoms with E-state index in [1.54, 1.807) is 18.7 Å². The number of ether oxygens (including phenoxy) is 1. The van der Waals surface area contributed by atoms with E-state index >= 15 is 0 Å². The summed E-state index contributed by atoms with van der Waals surface area (Å²) in [5, 5.41) is 4.19. The van der Waals surface area contributed by atoms with Gasteiger partial charge in [0.1, 0.15) is 11.4 Å². The second-order valence-electron chi connectivity index (χ2n) is 4.07. The van der Waals surface area contributed by atoms with Crippen molar-refractivity contribution in [3.8, 4) is 11.4 Å². The molecule has 0 spiro atoms. The number of benzene rings is 1. The Hall–Kier alpha value is -2.83. The van der Waals surface area contributed by atoms with Crippen molar-refractivity contribution in [3.63, 3.8) is 0 Å². The van der Waals surface area contributed by atoms with Crippen molar-refractivity contribution in [2.75, 3.05) is 7.11 Å². The molecule has 0 aliphatic rings. The van der Waals surface area contributed by atoms with Gasteiger partial charge in [-0.15, -0.1) is 0 Å². The van der Waals surface area contributed by atoms with Crippen molar-refractivity contribution in [1.29, 1.82) is 0 Å². The maximum absolute atomic E-state index is 11.8. The van der Waals surface area contributed by atoms with Crippen LogP contribution in [0.25, 0.3) is 5.69 Å². The lowest BCUT2D eigenvalue weighted by Gasteiger charge is -2.09. The highest BCUT2D eigenvalue weighted by Gasteiger charge is 2.16. The Morgan fingerprint density at radius 1 is 1.35 bits per heavy atom. The molecule has 0 unspecified atom stereocenters. The number of rotatable bonds is 3. The second kappa shape index (κ2) is 5.43. The standard InChI is InChI=1S/C13H15N5O2/c1-8-9(12(19)17-13(14)15)7-16-18(8)10-5-3-4-6-11(10)20-2/h3-7H,1-2H3,(H4,14,15,17,19). The molecule has 0 fully saturated rings. The molecule has 0 saturated heterocycles. The predicted octanol–water partition coefficient (Wildman–Crippen LogP) is 0.603. The lowest BCUT2D eigenvalue weighted by Crippen LogP contribution is -2.24. The first-order valence-electron chi connectivity index (χ1n) is 5.86. The molecule has 1 heterocycles. The number of guanidine groups is 1. The normalized spacial score (nSPS) is 10.1. The first-order valence-corrected chi connectivity index (χ1v) is 5.86. The van der Waals surface area contributed by atoms with Gasteiger partial charge in [0.15, 0.2) is 5.96 Å². The van der Waals surface area contributed by atoms with Crippen LogP contribution in [0.15, 0.2) is 35.5 Å². The third-order valence-electron chi connectivity index (χ3n) is 2.78. The number of carbonyl (C=O) groups is 1. The molecule has 2 aromatic rings. The molecule has 0 bridgehead atoms. The Kier molecular flexibility index (Phi) is 3.69. The number of nitrogens with zero attached hydrogens (tertiary/aromatic N) is 3. The summed E-state index contributed by atoms with van der Waals surface area (Å²) >= 11 is 0. The van der Waals surface area contributed by atoms with Crippen LogP contribution >= 0.6 is 0 Å². The number of amides is 1. The van der Waals surface area contributed by atoms with Gasteiger partial charge in [-0.2, -0.15) is 10.1 Å². The molecular formula is C13H15N5O2. The van der Waals surface area contributed by atoms with Gasteiger partial charge in [0.05, 0.1) is 24.6 Å². The van der Waals surface area contributed by atoms with Crippen LogP contribution in [0.2, 0.25) is 0 Å². The highest BCUT2D eigenvalue weighted by atomic mass is 16.5. The number of nitrogens with two attached hydrogens (primary N) is 2. The largest absolute Gasteiger partial charge is 0.494 e. The zero-order chi connectivity index (χ0) is 14.7. The fourth-order valence-corrected chi connectivity index (χ4v) is 1.84. The second-order valence-corrected chi connectivity index (χ2v) is 4.07. The topological polar surface area (TPSA) is 109 Å². The van der Waals surface area contributed by atoms with E-state index in [1.807, 2.05) is 24.3 Å². The number of hydrogen-bond acceptors (Lipinski definition) is 3. The quantitative estimate of drug-likeness (QED) is 0.629. The maximum atomic E-state index is 11.8. The number of aromatic nitrogens is 2. The molecule has 20 heavy (non-hydrogen) atoms. The molecule has 7 heteroatoms. The van der Waals surface area contributed by atoms with Crippen LogP contribution in [0.3, 0.4) is 0 Å². The van der Waals surface area contributed by atoms with E-state index in [2.05, 4.69) is 10.1 Å². The van der Waals surface area contributed by atoms with Crippen LogP contribution in [0.4, 0.5) is 0 Å². The van der Waals surface area contributed by atoms with Gasteiger partial charge < -0.3 is 16.2 Å². The average Bonchev–Trinajstić information content (AvgIpc) is 2.79. The van der Waals surface area contributed by atoms with Crippen molar-refractivity contribution in [2.24, 2.45) is 16.5 Å². The minimum atomic E-state index is -0.524. The molecule has 0 aliphatic carbocycles. The molecule has 104 valence electrons. The van der Waals surface area contributed by atoms with E-state index in [4.69, 9.17) is 16.2 Å². The average molecular weight is 273 g/mol. The molecule has 2 rings (SSSR count). The van der Waals surface area contributed by atoms with Gasteiger partial charge in [0, 0.05) is 0 Å². The predicted molar refractivity (Wildman–Crippen MR) is 75.0 cm³/mol. The van der Waals surface area contributed by atoms with Gasteiger partial charge in [-0.3, -0.25) is 4.79 Å². The summed E-state index contributed by atoms with van der Waals surface area (Å²) in [6.45, 7) is 1.76. The highest BCUT2D eigenvalue weighted by Crippen LogP contribution is 2.24. The van der Waals surface area contributed by atoms with Crippen molar-refractivity contribution in [2.45, 2.75) is 6.92 Å². The molecule has 1 aromatic heterocycles. The Morgan fingerprint density at radius 3 is 2.70 bits per heavy atom. The number of aliphatic imine (C=N–C) groups is 1. The van der Waals surface area contributed by atoms with Crippen LogP contribution in [-0.4, -0.2) is 28.8 Å². The summed E-state index contributed by atoms with van der Waals surface area (Å²) in [5.74, 6) is -0.150. The molecule has 0 saturated carbocycles. The number of para-hydroxylation sites is 2. The van der Waals surface area contributed by atoms with E-state index < -0.39 is 5.91 Å². The number of hydrogen-bond donors (Lipinski definition) is 2. The molecular weight excluding hydrogens is 258 g/mol. The zero-order valence-corrected chi connectivity index (χ0v) is 11.2. The molecule has 0 atom stereocenters. The minimum Gasteiger partial charge on any atom is -0.494 e. The lowest BCUT2D eigenvalue weighted by molar-refractivity contribution is 0.100. The Bertz CT molecular complexity index is 671. The van der Waals surface area contributed by atoms with Gasteiger partial charge >= 0.3 is 0 Å². The molecule has 0 aliphatic heterocycles. The van der Waals surface area contributed by atoms with Gasteiger partial charge in [0.25, 0.3) is 5.91 Å². The zero-order valence-electron chi connectivity index (χ0n) is 11.2. The monoisotopic (exact) mass is 273 g/mol. The summed E-state index contributed by atoms with van der Waals surface area (Å²) in [4.78, 5) is 15.3. The number of methoxy groups -OCH3 is 1. The van der Waals surface area contributed by atoms with Crippen LogP contribution in [0.5, 0.6) is 5.75 Å². The SMILES string of the molecule is COc1ccccc1-n1ncc(C(=O)N=C(N)N)c1C. The van der Waals surface area contributed by atoms with Gasteiger partial charge in [-0.25, -0.2) is 4.68 Å². The highest BCUT2D eigenvalue weighted by molar-refractivity contribution is 6.02. The smallest absolute Gasteiger partial charge is 0.283 e. The van der Waals surface area contributed by atoms with Crippen LogP contribution in [0, 0.1) is 6.92 Å². The number of carbonyl (C=O) groups excluding carboxylic acids is 1. The third-order valence-corrected chi connectivity index (χ3v) is 2.78. The first kappa shape index (κ1) is 13.6. The molecule has 1 amide bonds. The van der Waals surface area contributed by atoms with E-state index in [1.165, 1.54) is 6.20 Å². The van der Waals surface area contributed by atoms with Crippen LogP contribution in [0.1, 0.15) is 16.1 Å². The summed E-state index contributed by atoms with van der Waals surface area (Å²) in [6, 6.07) is 7.37. The van der Waals surface area contributed by atoms with Crippen molar-refractivity contribution in [3.05, 3.63) is 41.7 Å². The summed E-state index contributed by atoms with van der Waals surface area (Å²) in [6.07, 6.45) is 1.43. The van der Waals surface area contributed by atoms with E-state index in [0.29, 0.717) is 17.0 Å². The summed E-state index contributed by atoms with van der Waals surface area (Å²) in [5.41, 5.74) is 12.1. The Balaban J connectivity index is 2.48. The molecule has 0 radical (unpaired) electrons. The molecule has 4 N–H and O–H groups in total. The third kappa shape index (κ3) is 2.46. The van der Waals surface area contributed by atoms with Crippen LogP contribution < -0.4 is 16.2 Å². The van der Waals surface area contributed by atoms with Gasteiger partial charge in [-0.1, -0.05) is 12.1 Å². The summed E-state index contributed by atoms with van der Waals surface area (Å²) in [7, 11) is 1.57. The Morgan fingerprint density at radius 2 is 2.05 bits per heavy atom. The van der Waals surface area contributed by atoms with Crippen LogP contribution in [-0.2, 0) is 0 Å². The van der Waals surface area contributed by atoms with Crippen molar-refractivity contribution >= 4 is 11.9 Å².